The van der Waals surface area contributed by atoms with Crippen molar-refractivity contribution in [2.75, 3.05) is 6.54 Å². The normalized spacial score (nSPS) is 21.2. The molecule has 0 amide bonds. The van der Waals surface area contributed by atoms with E-state index in [0.717, 1.165) is 30.9 Å². The Morgan fingerprint density at radius 3 is 3.00 bits per heavy atom. The van der Waals surface area contributed by atoms with Crippen LogP contribution in [0.15, 0.2) is 11.6 Å². The van der Waals surface area contributed by atoms with Crippen molar-refractivity contribution in [3.63, 3.8) is 0 Å². The first-order valence-corrected chi connectivity index (χ1v) is 7.19. The van der Waals surface area contributed by atoms with Crippen LogP contribution >= 0.6 is 11.3 Å². The van der Waals surface area contributed by atoms with Crippen LogP contribution < -0.4 is 0 Å². The van der Waals surface area contributed by atoms with Gasteiger partial charge >= 0.3 is 5.97 Å². The lowest BCUT2D eigenvalue weighted by Gasteiger charge is -2.26. The molecular weight excluding hydrogens is 248 g/mol. The zero-order valence-corrected chi connectivity index (χ0v) is 12.0. The Kier molecular flexibility index (Phi) is 4.02. The van der Waals surface area contributed by atoms with Crippen molar-refractivity contribution in [3.8, 4) is 0 Å². The van der Waals surface area contributed by atoms with Crippen molar-refractivity contribution in [1.29, 1.82) is 0 Å². The van der Waals surface area contributed by atoms with E-state index in [-0.39, 0.29) is 12.0 Å². The van der Waals surface area contributed by atoms with E-state index in [1.165, 1.54) is 0 Å². The molecule has 0 bridgehead atoms. The van der Waals surface area contributed by atoms with Gasteiger partial charge in [0.25, 0.3) is 0 Å². The van der Waals surface area contributed by atoms with E-state index in [0.29, 0.717) is 0 Å². The predicted octanol–water partition coefficient (Wildman–Crippen LogP) is 2.45. The molecule has 1 aliphatic rings. The number of carbonyl (C=O) groups is 1. The Bertz CT molecular complexity index is 398. The second kappa shape index (κ2) is 5.36. The Labute approximate surface area is 112 Å². The summed E-state index contributed by atoms with van der Waals surface area (Å²) in [5.41, 5.74) is -0.410. The van der Waals surface area contributed by atoms with Gasteiger partial charge in [-0.2, -0.15) is 0 Å². The molecule has 18 heavy (non-hydrogen) atoms. The fourth-order valence-corrected chi connectivity index (χ4v) is 2.80. The zero-order valence-electron chi connectivity index (χ0n) is 11.2. The summed E-state index contributed by atoms with van der Waals surface area (Å²) in [7, 11) is 0. The van der Waals surface area contributed by atoms with Crippen LogP contribution in [-0.2, 0) is 16.1 Å². The molecule has 0 aliphatic carbocycles. The summed E-state index contributed by atoms with van der Waals surface area (Å²) < 4.78 is 5.47. The van der Waals surface area contributed by atoms with Crippen molar-refractivity contribution in [3.05, 3.63) is 16.6 Å². The number of aromatic nitrogens is 1. The predicted molar refractivity (Wildman–Crippen MR) is 71.4 cm³/mol. The minimum absolute atomic E-state index is 0.100. The first-order valence-electron chi connectivity index (χ1n) is 6.31. The molecule has 1 aliphatic heterocycles. The third-order valence-electron chi connectivity index (χ3n) is 2.86. The number of esters is 1. The summed E-state index contributed by atoms with van der Waals surface area (Å²) in [4.78, 5) is 18.6. The molecule has 0 saturated carbocycles. The number of thiazole rings is 1. The van der Waals surface area contributed by atoms with E-state index in [9.17, 15) is 4.79 Å². The number of rotatable bonds is 3. The lowest BCUT2D eigenvalue weighted by atomic mass is 10.1. The van der Waals surface area contributed by atoms with Gasteiger partial charge in [0, 0.05) is 11.6 Å². The third kappa shape index (κ3) is 3.53. The van der Waals surface area contributed by atoms with E-state index >= 15 is 0 Å². The van der Waals surface area contributed by atoms with Crippen molar-refractivity contribution < 1.29 is 9.53 Å². The highest BCUT2D eigenvalue weighted by Gasteiger charge is 2.34. The van der Waals surface area contributed by atoms with Gasteiger partial charge in [-0.05, 0) is 40.2 Å². The maximum Gasteiger partial charge on any atom is 0.323 e. The fourth-order valence-electron chi connectivity index (χ4n) is 2.16. The second-order valence-electron chi connectivity index (χ2n) is 5.59. The van der Waals surface area contributed by atoms with Crippen LogP contribution in [0.4, 0.5) is 0 Å². The van der Waals surface area contributed by atoms with Crippen LogP contribution in [0, 0.1) is 0 Å². The number of hydrogen-bond acceptors (Lipinski definition) is 5. The average Bonchev–Trinajstić information content (AvgIpc) is 2.86. The molecule has 1 aromatic rings. The summed E-state index contributed by atoms with van der Waals surface area (Å²) in [6.45, 7) is 7.42. The van der Waals surface area contributed by atoms with Crippen molar-refractivity contribution in [2.24, 2.45) is 0 Å². The number of nitrogens with zero attached hydrogens (tertiary/aromatic N) is 2. The van der Waals surface area contributed by atoms with Crippen LogP contribution in [0.25, 0.3) is 0 Å². The Morgan fingerprint density at radius 2 is 2.39 bits per heavy atom. The molecule has 1 aromatic heterocycles. The topological polar surface area (TPSA) is 42.4 Å². The molecule has 2 rings (SSSR count). The molecule has 0 N–H and O–H groups in total. The molecule has 0 radical (unpaired) electrons. The maximum absolute atomic E-state index is 12.1. The van der Waals surface area contributed by atoms with Crippen LogP contribution in [0.2, 0.25) is 0 Å². The third-order valence-corrected chi connectivity index (χ3v) is 3.63. The lowest BCUT2D eigenvalue weighted by Crippen LogP contribution is -2.40. The summed E-state index contributed by atoms with van der Waals surface area (Å²) in [6, 6.07) is -0.104. The molecule has 4 nitrogen and oxygen atoms in total. The highest BCUT2D eigenvalue weighted by molar-refractivity contribution is 7.09. The van der Waals surface area contributed by atoms with Crippen LogP contribution in [0.5, 0.6) is 0 Å². The van der Waals surface area contributed by atoms with E-state index in [1.807, 2.05) is 26.2 Å². The second-order valence-corrected chi connectivity index (χ2v) is 6.57. The van der Waals surface area contributed by atoms with Crippen molar-refractivity contribution in [1.82, 2.24) is 9.88 Å². The molecule has 0 unspecified atom stereocenters. The standard InChI is InChI=1S/C13H20N2O2S/c1-13(2,3)17-12(16)10-5-4-7-15(10)9-11-14-6-8-18-11/h6,8,10H,4-5,7,9H2,1-3H3/t10-/m0/s1. The Hall–Kier alpha value is -0.940. The number of carbonyl (C=O) groups excluding carboxylic acids is 1. The van der Waals surface area contributed by atoms with Crippen molar-refractivity contribution in [2.45, 2.75) is 51.8 Å². The highest BCUT2D eigenvalue weighted by atomic mass is 32.1. The lowest BCUT2D eigenvalue weighted by molar-refractivity contribution is -0.160. The van der Waals surface area contributed by atoms with Crippen LogP contribution in [0.1, 0.15) is 38.6 Å². The number of ether oxygens (including phenoxy) is 1. The van der Waals surface area contributed by atoms with E-state index in [4.69, 9.17) is 4.74 Å². The molecule has 100 valence electrons. The highest BCUT2D eigenvalue weighted by Crippen LogP contribution is 2.23. The quantitative estimate of drug-likeness (QED) is 0.790. The molecule has 5 heteroatoms. The van der Waals surface area contributed by atoms with Crippen LogP contribution in [-0.4, -0.2) is 34.0 Å². The zero-order chi connectivity index (χ0) is 13.2. The van der Waals surface area contributed by atoms with Gasteiger partial charge in [0.05, 0.1) is 6.54 Å². The van der Waals surface area contributed by atoms with Gasteiger partial charge in [-0.3, -0.25) is 9.69 Å². The molecule has 1 atom stereocenters. The monoisotopic (exact) mass is 268 g/mol. The van der Waals surface area contributed by atoms with Gasteiger partial charge in [0.1, 0.15) is 16.7 Å². The largest absolute Gasteiger partial charge is 0.459 e. The Morgan fingerprint density at radius 1 is 1.61 bits per heavy atom. The SMILES string of the molecule is CC(C)(C)OC(=O)[C@@H]1CCCN1Cc1nccs1. The fraction of sp³-hybridized carbons (Fsp3) is 0.692. The van der Waals surface area contributed by atoms with Gasteiger partial charge in [-0.25, -0.2) is 4.98 Å². The maximum atomic E-state index is 12.1. The van der Waals surface area contributed by atoms with E-state index in [1.54, 1.807) is 17.5 Å². The summed E-state index contributed by atoms with van der Waals surface area (Å²) in [5.74, 6) is -0.100. The first-order chi connectivity index (χ1) is 8.46. The van der Waals surface area contributed by atoms with Crippen LogP contribution in [0.3, 0.4) is 0 Å². The minimum Gasteiger partial charge on any atom is -0.459 e. The summed E-state index contributed by atoms with van der Waals surface area (Å²) >= 11 is 1.63. The summed E-state index contributed by atoms with van der Waals surface area (Å²) in [5, 5.41) is 3.03. The van der Waals surface area contributed by atoms with E-state index in [2.05, 4.69) is 9.88 Å². The molecule has 1 fully saturated rings. The van der Waals surface area contributed by atoms with Crippen molar-refractivity contribution >= 4 is 17.3 Å². The van der Waals surface area contributed by atoms with Gasteiger partial charge in [-0.15, -0.1) is 11.3 Å². The number of likely N-dealkylation sites (tertiary alicyclic amines) is 1. The van der Waals surface area contributed by atoms with Gasteiger partial charge in [-0.1, -0.05) is 0 Å². The molecular formula is C13H20N2O2S. The average molecular weight is 268 g/mol. The smallest absolute Gasteiger partial charge is 0.323 e. The number of hydrogen-bond donors (Lipinski definition) is 0. The molecule has 2 heterocycles. The molecule has 0 aromatic carbocycles. The molecule has 0 spiro atoms. The van der Waals surface area contributed by atoms with Gasteiger partial charge < -0.3 is 4.74 Å². The first kappa shape index (κ1) is 13.5. The van der Waals surface area contributed by atoms with Gasteiger partial charge in [0.15, 0.2) is 0 Å². The summed E-state index contributed by atoms with van der Waals surface area (Å²) in [6.07, 6.45) is 3.74. The van der Waals surface area contributed by atoms with E-state index < -0.39 is 5.60 Å². The minimum atomic E-state index is -0.410. The van der Waals surface area contributed by atoms with Gasteiger partial charge in [0.2, 0.25) is 0 Å². The molecule has 1 saturated heterocycles. The Balaban J connectivity index is 1.97.